The zero-order valence-electron chi connectivity index (χ0n) is 15.5. The molecule has 2 aromatic carbocycles. The fourth-order valence-corrected chi connectivity index (χ4v) is 4.32. The first-order chi connectivity index (χ1) is 13.3. The molecule has 0 atom stereocenters. The van der Waals surface area contributed by atoms with Crippen LogP contribution in [-0.2, 0) is 14.8 Å². The van der Waals surface area contributed by atoms with E-state index in [0.717, 1.165) is 0 Å². The highest BCUT2D eigenvalue weighted by molar-refractivity contribution is 7.89. The number of halogens is 2. The summed E-state index contributed by atoms with van der Waals surface area (Å²) >= 11 is 11.9. The number of hydrogen-bond acceptors (Lipinski definition) is 5. The van der Waals surface area contributed by atoms with Gasteiger partial charge in [-0.05, 0) is 36.4 Å². The molecular formula is C19H21Cl2NO5S. The molecule has 0 bridgehead atoms. The van der Waals surface area contributed by atoms with Crippen LogP contribution >= 0.6 is 23.2 Å². The second kappa shape index (κ2) is 10.1. The van der Waals surface area contributed by atoms with Crippen LogP contribution in [0.25, 0.3) is 0 Å². The number of benzene rings is 2. The van der Waals surface area contributed by atoms with Crippen molar-refractivity contribution in [2.75, 3.05) is 26.3 Å². The van der Waals surface area contributed by atoms with Crippen molar-refractivity contribution in [2.24, 2.45) is 0 Å². The van der Waals surface area contributed by atoms with E-state index in [-0.39, 0.29) is 28.7 Å². The van der Waals surface area contributed by atoms with Gasteiger partial charge in [0, 0.05) is 18.1 Å². The van der Waals surface area contributed by atoms with Gasteiger partial charge in [-0.2, -0.15) is 4.31 Å². The van der Waals surface area contributed by atoms with E-state index in [1.54, 1.807) is 38.1 Å². The smallest absolute Gasteiger partial charge is 0.339 e. The quantitative estimate of drug-likeness (QED) is 0.425. The first-order valence-electron chi connectivity index (χ1n) is 8.64. The van der Waals surface area contributed by atoms with Gasteiger partial charge in [-0.1, -0.05) is 43.1 Å². The first-order valence-corrected chi connectivity index (χ1v) is 10.8. The molecule has 152 valence electrons. The lowest BCUT2D eigenvalue weighted by atomic mass is 10.2. The third-order valence-electron chi connectivity index (χ3n) is 3.88. The highest BCUT2D eigenvalue weighted by atomic mass is 35.5. The molecule has 0 aliphatic rings. The highest BCUT2D eigenvalue weighted by Crippen LogP contribution is 2.24. The van der Waals surface area contributed by atoms with Crippen molar-refractivity contribution >= 4 is 39.2 Å². The molecule has 0 aliphatic carbocycles. The van der Waals surface area contributed by atoms with Crippen LogP contribution in [0.2, 0.25) is 10.0 Å². The lowest BCUT2D eigenvalue weighted by molar-refractivity contribution is 0.0450. The van der Waals surface area contributed by atoms with E-state index >= 15 is 0 Å². The summed E-state index contributed by atoms with van der Waals surface area (Å²) in [7, 11) is -3.71. The number of ether oxygens (including phenoxy) is 2. The minimum Gasteiger partial charge on any atom is -0.490 e. The zero-order valence-corrected chi connectivity index (χ0v) is 17.9. The van der Waals surface area contributed by atoms with Gasteiger partial charge in [-0.25, -0.2) is 13.2 Å². The average Bonchev–Trinajstić information content (AvgIpc) is 2.66. The first kappa shape index (κ1) is 22.5. The van der Waals surface area contributed by atoms with Crippen LogP contribution in [-0.4, -0.2) is 45.0 Å². The Balaban J connectivity index is 2.04. The Morgan fingerprint density at radius 2 is 1.75 bits per heavy atom. The zero-order chi connectivity index (χ0) is 20.7. The fraction of sp³-hybridized carbons (Fsp3) is 0.316. The minimum absolute atomic E-state index is 0.0114. The van der Waals surface area contributed by atoms with E-state index in [1.807, 2.05) is 0 Å². The molecule has 0 saturated heterocycles. The Labute approximate surface area is 175 Å². The molecule has 0 heterocycles. The average molecular weight is 446 g/mol. The SMILES string of the molecule is CCN(CC)S(=O)(=O)c1ccc(Cl)c(C(=O)OCCOc2cccc(Cl)c2)c1. The molecule has 0 N–H and O–H groups in total. The van der Waals surface area contributed by atoms with E-state index in [1.165, 1.54) is 22.5 Å². The molecule has 6 nitrogen and oxygen atoms in total. The number of sulfonamides is 1. The predicted molar refractivity (Wildman–Crippen MR) is 109 cm³/mol. The van der Waals surface area contributed by atoms with Crippen molar-refractivity contribution < 1.29 is 22.7 Å². The molecule has 0 radical (unpaired) electrons. The molecule has 0 spiro atoms. The fourth-order valence-electron chi connectivity index (χ4n) is 2.46. The number of rotatable bonds is 9. The Hall–Kier alpha value is -1.80. The summed E-state index contributed by atoms with van der Waals surface area (Å²) in [6.07, 6.45) is 0. The Morgan fingerprint density at radius 3 is 2.39 bits per heavy atom. The molecule has 0 aliphatic heterocycles. The van der Waals surface area contributed by atoms with Gasteiger partial charge in [-0.3, -0.25) is 0 Å². The van der Waals surface area contributed by atoms with Crippen LogP contribution in [0.1, 0.15) is 24.2 Å². The summed E-state index contributed by atoms with van der Waals surface area (Å²) in [5.74, 6) is -0.176. The normalized spacial score (nSPS) is 11.5. The van der Waals surface area contributed by atoms with Crippen LogP contribution in [0.3, 0.4) is 0 Å². The highest BCUT2D eigenvalue weighted by Gasteiger charge is 2.24. The molecule has 0 saturated carbocycles. The second-order valence-corrected chi connectivity index (χ2v) is 8.45. The van der Waals surface area contributed by atoms with Gasteiger partial charge in [0.05, 0.1) is 15.5 Å². The molecule has 2 aromatic rings. The summed E-state index contributed by atoms with van der Waals surface area (Å²) < 4.78 is 37.1. The summed E-state index contributed by atoms with van der Waals surface area (Å²) in [5, 5.41) is 0.645. The Bertz CT molecular complexity index is 930. The molecule has 0 amide bonds. The molecule has 0 unspecified atom stereocenters. The number of esters is 1. The summed E-state index contributed by atoms with van der Waals surface area (Å²) in [6, 6.07) is 10.8. The maximum atomic E-state index is 12.6. The number of hydrogen-bond donors (Lipinski definition) is 0. The third kappa shape index (κ3) is 5.61. The van der Waals surface area contributed by atoms with Crippen LogP contribution in [0.5, 0.6) is 5.75 Å². The monoisotopic (exact) mass is 445 g/mol. The van der Waals surface area contributed by atoms with Gasteiger partial charge >= 0.3 is 5.97 Å². The van der Waals surface area contributed by atoms with Crippen molar-refractivity contribution in [3.63, 3.8) is 0 Å². The summed E-state index contributed by atoms with van der Waals surface area (Å²) in [4.78, 5) is 12.3. The maximum absolute atomic E-state index is 12.6. The maximum Gasteiger partial charge on any atom is 0.339 e. The van der Waals surface area contributed by atoms with Crippen molar-refractivity contribution in [3.8, 4) is 5.75 Å². The van der Waals surface area contributed by atoms with Gasteiger partial charge < -0.3 is 9.47 Å². The van der Waals surface area contributed by atoms with Crippen molar-refractivity contribution in [1.82, 2.24) is 4.31 Å². The lowest BCUT2D eigenvalue weighted by Crippen LogP contribution is -2.30. The van der Waals surface area contributed by atoms with E-state index in [9.17, 15) is 13.2 Å². The van der Waals surface area contributed by atoms with E-state index in [2.05, 4.69) is 0 Å². The topological polar surface area (TPSA) is 72.9 Å². The van der Waals surface area contributed by atoms with Crippen LogP contribution in [0.4, 0.5) is 0 Å². The second-order valence-electron chi connectivity index (χ2n) is 5.67. The largest absolute Gasteiger partial charge is 0.490 e. The molecule has 28 heavy (non-hydrogen) atoms. The minimum atomic E-state index is -3.71. The van der Waals surface area contributed by atoms with E-state index in [0.29, 0.717) is 23.9 Å². The van der Waals surface area contributed by atoms with Gasteiger partial charge in [0.1, 0.15) is 19.0 Å². The van der Waals surface area contributed by atoms with Crippen molar-refractivity contribution in [2.45, 2.75) is 18.7 Å². The van der Waals surface area contributed by atoms with Crippen LogP contribution in [0, 0.1) is 0 Å². The van der Waals surface area contributed by atoms with E-state index < -0.39 is 16.0 Å². The van der Waals surface area contributed by atoms with Gasteiger partial charge in [0.25, 0.3) is 0 Å². The van der Waals surface area contributed by atoms with Gasteiger partial charge in [-0.15, -0.1) is 0 Å². The Morgan fingerprint density at radius 1 is 1.04 bits per heavy atom. The number of nitrogens with zero attached hydrogens (tertiary/aromatic N) is 1. The lowest BCUT2D eigenvalue weighted by Gasteiger charge is -2.19. The third-order valence-corrected chi connectivity index (χ3v) is 6.49. The van der Waals surface area contributed by atoms with Gasteiger partial charge in [0.15, 0.2) is 0 Å². The van der Waals surface area contributed by atoms with E-state index in [4.69, 9.17) is 32.7 Å². The Kier molecular flexibility index (Phi) is 8.12. The summed E-state index contributed by atoms with van der Waals surface area (Å²) in [5.41, 5.74) is -0.0161. The molecule has 0 aromatic heterocycles. The number of carbonyl (C=O) groups is 1. The van der Waals surface area contributed by atoms with Gasteiger partial charge in [0.2, 0.25) is 10.0 Å². The number of carbonyl (C=O) groups excluding carboxylic acids is 1. The van der Waals surface area contributed by atoms with Crippen LogP contribution < -0.4 is 4.74 Å². The predicted octanol–water partition coefficient (Wildman–Crippen LogP) is 4.26. The molecule has 9 heteroatoms. The van der Waals surface area contributed by atoms with Crippen LogP contribution in [0.15, 0.2) is 47.4 Å². The molecule has 2 rings (SSSR count). The summed E-state index contributed by atoms with van der Waals surface area (Å²) in [6.45, 7) is 4.21. The van der Waals surface area contributed by atoms with Crippen molar-refractivity contribution in [3.05, 3.63) is 58.1 Å². The molecule has 0 fully saturated rings. The van der Waals surface area contributed by atoms with Crippen molar-refractivity contribution in [1.29, 1.82) is 0 Å². The molecular weight excluding hydrogens is 425 g/mol. The standard InChI is InChI=1S/C19H21Cl2NO5S/c1-3-22(4-2)28(24,25)16-8-9-18(21)17(13-16)19(23)27-11-10-26-15-7-5-6-14(20)12-15/h5-9,12-13H,3-4,10-11H2,1-2H3.